The first-order valence-electron chi connectivity index (χ1n) is 11.5. The number of halogens is 3. The molecule has 2 aromatic carbocycles. The van der Waals surface area contributed by atoms with E-state index in [0.29, 0.717) is 43.7 Å². The van der Waals surface area contributed by atoms with E-state index in [4.69, 9.17) is 11.7 Å². The molecule has 1 unspecified atom stereocenters. The van der Waals surface area contributed by atoms with Crippen LogP contribution in [0.1, 0.15) is 24.0 Å². The molecule has 0 aliphatic carbocycles. The van der Waals surface area contributed by atoms with E-state index in [1.807, 2.05) is 30.3 Å². The van der Waals surface area contributed by atoms with Crippen LogP contribution in [0.5, 0.6) is 0 Å². The minimum absolute atomic E-state index is 0.0370. The van der Waals surface area contributed by atoms with Gasteiger partial charge in [0.25, 0.3) is 0 Å². The number of thioether (sulfide) groups is 1. The van der Waals surface area contributed by atoms with Crippen LogP contribution in [0.4, 0.5) is 18.9 Å². The Labute approximate surface area is 211 Å². The SMILES string of the molecule is [C-]#[N+]c1ccc2c(C(O)(CN3CCC(SCC(=O)O)CC3)C(F)(F)F)cn(Cc3ccccc3)c2c1. The van der Waals surface area contributed by atoms with Crippen molar-refractivity contribution in [2.45, 2.75) is 36.4 Å². The molecule has 4 rings (SSSR count). The molecule has 1 atom stereocenters. The summed E-state index contributed by atoms with van der Waals surface area (Å²) in [7, 11) is 0. The van der Waals surface area contributed by atoms with Crippen molar-refractivity contribution in [2.24, 2.45) is 0 Å². The van der Waals surface area contributed by atoms with Crippen molar-refractivity contribution >= 4 is 34.3 Å². The molecule has 0 bridgehead atoms. The number of aromatic nitrogens is 1. The van der Waals surface area contributed by atoms with Crippen LogP contribution in [0.25, 0.3) is 15.7 Å². The highest BCUT2D eigenvalue weighted by Gasteiger charge is 2.57. The van der Waals surface area contributed by atoms with Crippen molar-refractivity contribution in [1.29, 1.82) is 0 Å². The maximum Gasteiger partial charge on any atom is 0.422 e. The van der Waals surface area contributed by atoms with E-state index >= 15 is 0 Å². The second kappa shape index (κ2) is 10.5. The number of aliphatic hydroxyl groups is 1. The predicted molar refractivity (Wildman–Crippen MR) is 133 cm³/mol. The fraction of sp³-hybridized carbons (Fsp3) is 0.385. The van der Waals surface area contributed by atoms with E-state index in [1.54, 1.807) is 15.5 Å². The highest BCUT2D eigenvalue weighted by Crippen LogP contribution is 2.44. The molecule has 10 heteroatoms. The van der Waals surface area contributed by atoms with Gasteiger partial charge < -0.3 is 14.8 Å². The third-order valence-electron chi connectivity index (χ3n) is 6.53. The number of carboxylic acids is 1. The first kappa shape index (κ1) is 26.1. The maximum absolute atomic E-state index is 14.5. The van der Waals surface area contributed by atoms with E-state index in [2.05, 4.69) is 4.85 Å². The monoisotopic (exact) mass is 517 g/mol. The quantitative estimate of drug-likeness (QED) is 0.399. The lowest BCUT2D eigenvalue weighted by Crippen LogP contribution is -2.52. The van der Waals surface area contributed by atoms with Gasteiger partial charge in [-0.2, -0.15) is 13.2 Å². The molecule has 0 saturated carbocycles. The van der Waals surface area contributed by atoms with Gasteiger partial charge in [0.15, 0.2) is 5.69 Å². The van der Waals surface area contributed by atoms with Crippen LogP contribution >= 0.6 is 11.8 Å². The second-order valence-corrected chi connectivity index (χ2v) is 10.3. The molecule has 3 aromatic rings. The number of carbonyl (C=O) groups is 1. The summed E-state index contributed by atoms with van der Waals surface area (Å²) in [5.41, 5.74) is -1.72. The average Bonchev–Trinajstić information content (AvgIpc) is 3.21. The Bertz CT molecular complexity index is 1260. The largest absolute Gasteiger partial charge is 0.481 e. The number of carboxylic acid groups (broad SMARTS) is 1. The minimum Gasteiger partial charge on any atom is -0.481 e. The van der Waals surface area contributed by atoms with Gasteiger partial charge >= 0.3 is 12.1 Å². The lowest BCUT2D eigenvalue weighted by atomic mass is 9.91. The Morgan fingerprint density at radius 3 is 2.44 bits per heavy atom. The zero-order valence-electron chi connectivity index (χ0n) is 19.4. The van der Waals surface area contributed by atoms with Gasteiger partial charge in [0.2, 0.25) is 5.60 Å². The van der Waals surface area contributed by atoms with Gasteiger partial charge in [-0.3, -0.25) is 9.69 Å². The summed E-state index contributed by atoms with van der Waals surface area (Å²) in [6.45, 7) is 7.66. The van der Waals surface area contributed by atoms with Crippen LogP contribution in [0.2, 0.25) is 0 Å². The number of nitrogens with zero attached hydrogens (tertiary/aromatic N) is 3. The highest BCUT2D eigenvalue weighted by atomic mass is 32.2. The number of aliphatic carboxylic acids is 1. The molecule has 0 amide bonds. The zero-order valence-corrected chi connectivity index (χ0v) is 20.2. The van der Waals surface area contributed by atoms with Gasteiger partial charge in [-0.15, -0.1) is 11.8 Å². The van der Waals surface area contributed by atoms with Crippen LogP contribution < -0.4 is 0 Å². The molecule has 0 spiro atoms. The van der Waals surface area contributed by atoms with Gasteiger partial charge in [-0.1, -0.05) is 42.5 Å². The number of benzene rings is 2. The Hall–Kier alpha value is -3.00. The van der Waals surface area contributed by atoms with E-state index in [9.17, 15) is 23.1 Å². The summed E-state index contributed by atoms with van der Waals surface area (Å²) in [5.74, 6) is -0.952. The van der Waals surface area contributed by atoms with Crippen molar-refractivity contribution in [3.8, 4) is 0 Å². The Morgan fingerprint density at radius 2 is 1.83 bits per heavy atom. The van der Waals surface area contributed by atoms with Crippen LogP contribution in [-0.2, 0) is 16.9 Å². The van der Waals surface area contributed by atoms with Gasteiger partial charge in [-0.25, -0.2) is 4.85 Å². The summed E-state index contributed by atoms with van der Waals surface area (Å²) in [5, 5.41) is 20.5. The topological polar surface area (TPSA) is 70.1 Å². The van der Waals surface area contributed by atoms with Gasteiger partial charge in [0, 0.05) is 41.0 Å². The Balaban J connectivity index is 1.67. The van der Waals surface area contributed by atoms with Gasteiger partial charge in [0.05, 0.1) is 12.3 Å². The van der Waals surface area contributed by atoms with E-state index in [1.165, 1.54) is 30.1 Å². The van der Waals surface area contributed by atoms with E-state index < -0.39 is 24.3 Å². The van der Waals surface area contributed by atoms with Gasteiger partial charge in [0.1, 0.15) is 0 Å². The summed E-state index contributed by atoms with van der Waals surface area (Å²) >= 11 is 1.30. The molecule has 6 nitrogen and oxygen atoms in total. The lowest BCUT2D eigenvalue weighted by Gasteiger charge is -2.38. The first-order valence-corrected chi connectivity index (χ1v) is 12.5. The molecule has 0 radical (unpaired) electrons. The molecule has 1 fully saturated rings. The first-order chi connectivity index (χ1) is 17.1. The lowest BCUT2D eigenvalue weighted by molar-refractivity contribution is -0.271. The fourth-order valence-corrected chi connectivity index (χ4v) is 5.59. The Morgan fingerprint density at radius 1 is 1.14 bits per heavy atom. The van der Waals surface area contributed by atoms with Crippen LogP contribution in [0.15, 0.2) is 54.7 Å². The molecule has 1 aliphatic rings. The maximum atomic E-state index is 14.5. The third-order valence-corrected chi connectivity index (χ3v) is 7.89. The van der Waals surface area contributed by atoms with Crippen molar-refractivity contribution in [3.63, 3.8) is 0 Å². The molecule has 190 valence electrons. The number of β-amino-alcohol motifs (C(OH)–C–C–N with tert-alkyl or cyclic N) is 1. The van der Waals surface area contributed by atoms with Crippen LogP contribution in [0, 0.1) is 6.57 Å². The van der Waals surface area contributed by atoms with E-state index in [-0.39, 0.29) is 22.0 Å². The van der Waals surface area contributed by atoms with Crippen molar-refractivity contribution in [2.75, 3.05) is 25.4 Å². The average molecular weight is 518 g/mol. The molecular formula is C26H26F3N3O3S. The molecule has 36 heavy (non-hydrogen) atoms. The fourth-order valence-electron chi connectivity index (χ4n) is 4.66. The Kier molecular flexibility index (Phi) is 7.64. The van der Waals surface area contributed by atoms with Crippen LogP contribution in [0.3, 0.4) is 0 Å². The number of piperidine rings is 1. The summed E-state index contributed by atoms with van der Waals surface area (Å²) < 4.78 is 45.3. The number of alkyl halides is 3. The molecule has 2 heterocycles. The van der Waals surface area contributed by atoms with Crippen molar-refractivity contribution < 1.29 is 28.2 Å². The smallest absolute Gasteiger partial charge is 0.422 e. The zero-order chi connectivity index (χ0) is 25.9. The summed E-state index contributed by atoms with van der Waals surface area (Å²) in [6.07, 6.45) is -2.48. The summed E-state index contributed by atoms with van der Waals surface area (Å²) in [6, 6.07) is 13.8. The standard InChI is InChI=1S/C26H26F3N3O3S/c1-30-19-7-8-21-22(15-32(23(21)13-19)14-18-5-3-2-4-6-18)25(35,26(27,28)29)17-31-11-9-20(10-12-31)36-16-24(33)34/h2-8,13,15,20,35H,9-12,14,16-17H2,(H,33,34). The minimum atomic E-state index is -4.94. The number of likely N-dealkylation sites (tertiary alicyclic amines) is 1. The van der Waals surface area contributed by atoms with Gasteiger partial charge in [-0.05, 0) is 37.6 Å². The molecular weight excluding hydrogens is 491 g/mol. The molecule has 1 aliphatic heterocycles. The molecule has 1 aromatic heterocycles. The third kappa shape index (κ3) is 5.53. The normalized spacial score (nSPS) is 17.1. The van der Waals surface area contributed by atoms with E-state index in [0.717, 1.165) is 5.56 Å². The highest BCUT2D eigenvalue weighted by molar-refractivity contribution is 8.00. The summed E-state index contributed by atoms with van der Waals surface area (Å²) in [4.78, 5) is 15.8. The second-order valence-electron chi connectivity index (χ2n) is 9.01. The van der Waals surface area contributed by atoms with Crippen molar-refractivity contribution in [3.05, 3.63) is 77.3 Å². The number of hydrogen-bond donors (Lipinski definition) is 2. The molecule has 2 N–H and O–H groups in total. The van der Waals surface area contributed by atoms with Crippen molar-refractivity contribution in [1.82, 2.24) is 9.47 Å². The molecule has 1 saturated heterocycles. The van der Waals surface area contributed by atoms with Crippen LogP contribution in [-0.4, -0.2) is 62.5 Å². The number of hydrogen-bond acceptors (Lipinski definition) is 4. The number of fused-ring (bicyclic) bond motifs is 1. The number of rotatable bonds is 8. The predicted octanol–water partition coefficient (Wildman–Crippen LogP) is 5.27.